The second-order valence-electron chi connectivity index (χ2n) is 10.3. The number of nitrogen functional groups attached to an aromatic ring is 1. The Morgan fingerprint density at radius 2 is 2.03 bits per heavy atom. The van der Waals surface area contributed by atoms with Gasteiger partial charge in [-0.05, 0) is 57.2 Å². The Bertz CT molecular complexity index is 1570. The van der Waals surface area contributed by atoms with Crippen LogP contribution in [0.25, 0.3) is 21.3 Å². The van der Waals surface area contributed by atoms with E-state index < -0.39 is 17.2 Å². The van der Waals surface area contributed by atoms with E-state index in [1.807, 2.05) is 13.8 Å². The van der Waals surface area contributed by atoms with Crippen molar-refractivity contribution in [1.82, 2.24) is 24.4 Å². The molecule has 1 amide bonds. The zero-order valence-electron chi connectivity index (χ0n) is 20.1. The highest BCUT2D eigenvalue weighted by atomic mass is 32.1. The highest BCUT2D eigenvalue weighted by Gasteiger charge is 2.37. The van der Waals surface area contributed by atoms with Gasteiger partial charge in [0.15, 0.2) is 5.82 Å². The van der Waals surface area contributed by atoms with E-state index in [0.717, 1.165) is 29.1 Å². The van der Waals surface area contributed by atoms with Crippen LogP contribution in [0.2, 0.25) is 0 Å². The topological polar surface area (TPSA) is 89.9 Å². The summed E-state index contributed by atoms with van der Waals surface area (Å²) >= 11 is 1.37. The number of fused-ring (bicyclic) bond motifs is 4. The number of carbonyl (C=O) groups is 1. The molecule has 3 aromatic heterocycles. The van der Waals surface area contributed by atoms with E-state index in [0.29, 0.717) is 47.0 Å². The number of carbonyl (C=O) groups excluding carboxylic acids is 1. The molecule has 7 nitrogen and oxygen atoms in total. The molecule has 0 bridgehead atoms. The first-order valence-electron chi connectivity index (χ1n) is 12.0. The maximum Gasteiger partial charge on any atom is 0.246 e. The smallest absolute Gasteiger partial charge is 0.246 e. The van der Waals surface area contributed by atoms with Crippen LogP contribution in [0.3, 0.4) is 0 Å². The number of anilines is 1. The largest absolute Gasteiger partial charge is 0.383 e. The first-order valence-corrected chi connectivity index (χ1v) is 12.8. The van der Waals surface area contributed by atoms with E-state index in [4.69, 9.17) is 5.73 Å². The lowest BCUT2D eigenvalue weighted by Crippen LogP contribution is -2.48. The molecule has 2 N–H and O–H groups in total. The molecule has 0 spiro atoms. The summed E-state index contributed by atoms with van der Waals surface area (Å²) < 4.78 is 33.3. The Kier molecular flexibility index (Phi) is 5.15. The maximum atomic E-state index is 15.5. The third-order valence-electron chi connectivity index (χ3n) is 7.24. The third-order valence-corrected chi connectivity index (χ3v) is 8.40. The Morgan fingerprint density at radius 3 is 2.75 bits per heavy atom. The molecular weight excluding hydrogens is 482 g/mol. The van der Waals surface area contributed by atoms with Crippen molar-refractivity contribution >= 4 is 44.3 Å². The van der Waals surface area contributed by atoms with Gasteiger partial charge in [-0.2, -0.15) is 0 Å². The summed E-state index contributed by atoms with van der Waals surface area (Å²) in [6.45, 7) is 8.45. The number of amides is 1. The van der Waals surface area contributed by atoms with Gasteiger partial charge in [-0.15, -0.1) is 11.3 Å². The summed E-state index contributed by atoms with van der Waals surface area (Å²) in [5.41, 5.74) is 8.37. The molecule has 4 aromatic rings. The van der Waals surface area contributed by atoms with Crippen molar-refractivity contribution in [1.29, 1.82) is 0 Å². The fraction of sp³-hybridized carbons (Fsp3) is 0.385. The number of nitrogens with zero attached hydrogens (tertiary/aromatic N) is 5. The van der Waals surface area contributed by atoms with Crippen LogP contribution in [0.1, 0.15) is 54.4 Å². The molecule has 186 valence electrons. The van der Waals surface area contributed by atoms with Gasteiger partial charge < -0.3 is 15.2 Å². The van der Waals surface area contributed by atoms with Crippen molar-refractivity contribution in [2.24, 2.45) is 0 Å². The predicted molar refractivity (Wildman–Crippen MR) is 136 cm³/mol. The molecule has 2 aliphatic rings. The van der Waals surface area contributed by atoms with Gasteiger partial charge in [0.25, 0.3) is 0 Å². The molecule has 36 heavy (non-hydrogen) atoms. The van der Waals surface area contributed by atoms with Gasteiger partial charge >= 0.3 is 0 Å². The monoisotopic (exact) mass is 508 g/mol. The first-order chi connectivity index (χ1) is 17.2. The van der Waals surface area contributed by atoms with Crippen molar-refractivity contribution in [3.05, 3.63) is 58.5 Å². The average molecular weight is 509 g/mol. The molecule has 1 fully saturated rings. The summed E-state index contributed by atoms with van der Waals surface area (Å²) in [5.74, 6) is -0.670. The fourth-order valence-corrected chi connectivity index (χ4v) is 6.60. The lowest BCUT2D eigenvalue weighted by atomic mass is 9.97. The van der Waals surface area contributed by atoms with Crippen molar-refractivity contribution in [3.8, 4) is 0 Å². The number of aromatic nitrogens is 4. The minimum atomic E-state index is -0.599. The molecule has 1 aromatic carbocycles. The zero-order chi connectivity index (χ0) is 25.4. The summed E-state index contributed by atoms with van der Waals surface area (Å²) in [7, 11) is 0. The molecule has 0 atom stereocenters. The number of benzene rings is 1. The summed E-state index contributed by atoms with van der Waals surface area (Å²) in [4.78, 5) is 27.5. The number of hydrogen-bond acceptors (Lipinski definition) is 6. The highest BCUT2D eigenvalue weighted by molar-refractivity contribution is 7.18. The van der Waals surface area contributed by atoms with Gasteiger partial charge in [0, 0.05) is 23.7 Å². The standard InChI is InChI=1S/C26H26F2N6OS/c1-4-19(35)33-10-17-15(20-23(29)30-12-31-24(20)34(17)26(2,3)11-33)8-7-14-16(27)9-18-22(21(14)28)32-25(36-18)13-5-6-13/h4,9,12-13H,1,5-8,10-11H2,2-3H3,(H2,29,30,31). The zero-order valence-corrected chi connectivity index (χ0v) is 21.0. The molecule has 1 saturated carbocycles. The van der Waals surface area contributed by atoms with Gasteiger partial charge in [0.1, 0.15) is 29.1 Å². The van der Waals surface area contributed by atoms with Gasteiger partial charge in [0.05, 0.1) is 27.2 Å². The van der Waals surface area contributed by atoms with E-state index >= 15 is 8.78 Å². The molecule has 1 aliphatic heterocycles. The Balaban J connectivity index is 1.45. The molecule has 10 heteroatoms. The quantitative estimate of drug-likeness (QED) is 0.390. The third kappa shape index (κ3) is 3.49. The summed E-state index contributed by atoms with van der Waals surface area (Å²) in [6, 6.07) is 1.40. The highest BCUT2D eigenvalue weighted by Crippen LogP contribution is 2.44. The number of rotatable bonds is 5. The van der Waals surface area contributed by atoms with E-state index in [1.54, 1.807) is 4.90 Å². The summed E-state index contributed by atoms with van der Waals surface area (Å²) in [5, 5.41) is 1.55. The first kappa shape index (κ1) is 23.0. The van der Waals surface area contributed by atoms with Crippen molar-refractivity contribution in [2.75, 3.05) is 12.3 Å². The number of aryl methyl sites for hydroxylation is 1. The number of hydrogen-bond donors (Lipinski definition) is 1. The van der Waals surface area contributed by atoms with Crippen LogP contribution in [-0.4, -0.2) is 36.9 Å². The van der Waals surface area contributed by atoms with Gasteiger partial charge in [0.2, 0.25) is 5.91 Å². The van der Waals surface area contributed by atoms with Crippen molar-refractivity contribution in [2.45, 2.75) is 57.5 Å². The Hall–Kier alpha value is -3.40. The second-order valence-corrected chi connectivity index (χ2v) is 11.3. The van der Waals surface area contributed by atoms with E-state index in [1.165, 1.54) is 29.8 Å². The minimum absolute atomic E-state index is 0.00719. The van der Waals surface area contributed by atoms with Crippen LogP contribution in [0, 0.1) is 11.6 Å². The van der Waals surface area contributed by atoms with E-state index in [2.05, 4.69) is 26.1 Å². The van der Waals surface area contributed by atoms with Gasteiger partial charge in [-0.1, -0.05) is 6.58 Å². The summed E-state index contributed by atoms with van der Waals surface area (Å²) in [6.07, 6.45) is 5.23. The van der Waals surface area contributed by atoms with Crippen LogP contribution in [0.15, 0.2) is 25.0 Å². The molecule has 1 aliphatic carbocycles. The van der Waals surface area contributed by atoms with E-state index in [-0.39, 0.29) is 23.4 Å². The maximum absolute atomic E-state index is 15.5. The minimum Gasteiger partial charge on any atom is -0.383 e. The predicted octanol–water partition coefficient (Wildman–Crippen LogP) is 4.83. The average Bonchev–Trinajstić information content (AvgIpc) is 3.51. The van der Waals surface area contributed by atoms with E-state index in [9.17, 15) is 4.79 Å². The number of nitrogens with two attached hydrogens (primary N) is 1. The Morgan fingerprint density at radius 1 is 1.28 bits per heavy atom. The van der Waals surface area contributed by atoms with Crippen LogP contribution in [-0.2, 0) is 29.7 Å². The molecule has 0 saturated heterocycles. The number of thiazole rings is 1. The van der Waals surface area contributed by atoms with Crippen LogP contribution in [0.5, 0.6) is 0 Å². The van der Waals surface area contributed by atoms with Crippen molar-refractivity contribution in [3.63, 3.8) is 0 Å². The van der Waals surface area contributed by atoms with Crippen molar-refractivity contribution < 1.29 is 13.6 Å². The normalized spacial score (nSPS) is 17.1. The number of halogens is 2. The lowest BCUT2D eigenvalue weighted by molar-refractivity contribution is -0.128. The molecule has 0 unspecified atom stereocenters. The van der Waals surface area contributed by atoms with Gasteiger partial charge in [-0.25, -0.2) is 23.7 Å². The second kappa shape index (κ2) is 8.06. The molecule has 6 rings (SSSR count). The van der Waals surface area contributed by atoms with Crippen LogP contribution < -0.4 is 5.73 Å². The SMILES string of the molecule is C=CC(=O)N1Cc2c(CCc3c(F)cc4sc(C5CC5)nc4c3F)c3c(N)ncnc3n2C(C)(C)C1. The molecular formula is C26H26F2N6OS. The molecule has 0 radical (unpaired) electrons. The van der Waals surface area contributed by atoms with Crippen LogP contribution in [0.4, 0.5) is 14.6 Å². The Labute approximate surface area is 210 Å². The molecule has 4 heterocycles. The lowest BCUT2D eigenvalue weighted by Gasteiger charge is -2.40. The van der Waals surface area contributed by atoms with Crippen LogP contribution >= 0.6 is 11.3 Å². The fourth-order valence-electron chi connectivity index (χ4n) is 5.44. The van der Waals surface area contributed by atoms with Gasteiger partial charge in [-0.3, -0.25) is 4.79 Å².